The number of ether oxygens (including phenoxy) is 1. The Balaban J connectivity index is 0.00000420. The summed E-state index contributed by atoms with van der Waals surface area (Å²) in [7, 11) is 3.27. The van der Waals surface area contributed by atoms with Gasteiger partial charge in [0.15, 0.2) is 5.96 Å². The molecular weight excluding hydrogens is 479 g/mol. The summed E-state index contributed by atoms with van der Waals surface area (Å²) in [6.45, 7) is 4.18. The number of carbonyl (C=O) groups is 1. The van der Waals surface area contributed by atoms with Crippen LogP contribution in [0, 0.1) is 0 Å². The van der Waals surface area contributed by atoms with Crippen molar-refractivity contribution in [2.75, 3.05) is 33.8 Å². The van der Waals surface area contributed by atoms with E-state index in [-0.39, 0.29) is 29.9 Å². The van der Waals surface area contributed by atoms with Crippen molar-refractivity contribution in [3.8, 4) is 0 Å². The van der Waals surface area contributed by atoms with Crippen LogP contribution in [0.3, 0.4) is 0 Å². The lowest BCUT2D eigenvalue weighted by Crippen LogP contribution is -2.48. The van der Waals surface area contributed by atoms with E-state index in [9.17, 15) is 4.79 Å². The molecular formula is C22H37IN4O2. The van der Waals surface area contributed by atoms with Crippen LogP contribution in [0.25, 0.3) is 0 Å². The maximum Gasteiger partial charge on any atom is 0.305 e. The van der Waals surface area contributed by atoms with Crippen molar-refractivity contribution in [3.05, 3.63) is 35.9 Å². The molecule has 1 aliphatic rings. The Labute approximate surface area is 192 Å². The van der Waals surface area contributed by atoms with Crippen molar-refractivity contribution in [1.82, 2.24) is 15.5 Å². The van der Waals surface area contributed by atoms with Crippen LogP contribution in [-0.2, 0) is 16.1 Å². The number of aliphatic imine (C=N–C) groups is 1. The molecule has 2 rings (SSSR count). The summed E-state index contributed by atoms with van der Waals surface area (Å²) < 4.78 is 4.65. The van der Waals surface area contributed by atoms with Crippen LogP contribution in [0.2, 0.25) is 0 Å². The van der Waals surface area contributed by atoms with Crippen LogP contribution in [0.5, 0.6) is 0 Å². The summed E-state index contributed by atoms with van der Waals surface area (Å²) in [5.74, 6) is 0.786. The molecule has 0 radical (unpaired) electrons. The molecule has 6 nitrogen and oxygen atoms in total. The summed E-state index contributed by atoms with van der Waals surface area (Å²) in [6.07, 6.45) is 6.96. The summed E-state index contributed by atoms with van der Waals surface area (Å²) >= 11 is 0. The van der Waals surface area contributed by atoms with Gasteiger partial charge in [0.1, 0.15) is 0 Å². The molecule has 0 atom stereocenters. The summed E-state index contributed by atoms with van der Waals surface area (Å²) in [5.41, 5.74) is 1.39. The van der Waals surface area contributed by atoms with Crippen LogP contribution >= 0.6 is 24.0 Å². The first-order valence-electron chi connectivity index (χ1n) is 10.5. The zero-order chi connectivity index (χ0) is 20.0. The number of unbranched alkanes of at least 4 members (excludes halogenated alkanes) is 3. The van der Waals surface area contributed by atoms with E-state index in [0.717, 1.165) is 70.7 Å². The quantitative estimate of drug-likeness (QED) is 0.164. The molecule has 7 heteroatoms. The van der Waals surface area contributed by atoms with Gasteiger partial charge in [-0.2, -0.15) is 0 Å². The smallest absolute Gasteiger partial charge is 0.305 e. The summed E-state index contributed by atoms with van der Waals surface area (Å²) in [6, 6.07) is 11.2. The van der Waals surface area contributed by atoms with Gasteiger partial charge in [0.25, 0.3) is 0 Å². The molecule has 0 unspecified atom stereocenters. The van der Waals surface area contributed by atoms with Gasteiger partial charge in [0, 0.05) is 45.7 Å². The van der Waals surface area contributed by atoms with Gasteiger partial charge in [-0.25, -0.2) is 0 Å². The lowest BCUT2D eigenvalue weighted by atomic mass is 10.0. The first kappa shape index (κ1) is 25.7. The number of guanidine groups is 1. The normalized spacial score (nSPS) is 15.4. The first-order chi connectivity index (χ1) is 13.7. The molecule has 29 heavy (non-hydrogen) atoms. The molecule has 2 N–H and O–H groups in total. The predicted octanol–water partition coefficient (Wildman–Crippen LogP) is 3.56. The van der Waals surface area contributed by atoms with Gasteiger partial charge in [0.2, 0.25) is 0 Å². The molecule has 1 saturated heterocycles. The van der Waals surface area contributed by atoms with Crippen molar-refractivity contribution >= 4 is 35.9 Å². The molecule has 0 bridgehead atoms. The van der Waals surface area contributed by atoms with Crippen molar-refractivity contribution in [1.29, 1.82) is 0 Å². The Hall–Kier alpha value is -1.35. The maximum atomic E-state index is 11.1. The van der Waals surface area contributed by atoms with Crippen LogP contribution in [0.4, 0.5) is 0 Å². The van der Waals surface area contributed by atoms with E-state index in [0.29, 0.717) is 12.5 Å². The molecule has 1 aromatic carbocycles. The first-order valence-corrected chi connectivity index (χ1v) is 10.5. The third kappa shape index (κ3) is 10.8. The van der Waals surface area contributed by atoms with Crippen molar-refractivity contribution in [3.63, 3.8) is 0 Å². The fourth-order valence-corrected chi connectivity index (χ4v) is 3.52. The Bertz CT molecular complexity index is 590. The van der Waals surface area contributed by atoms with Gasteiger partial charge in [-0.3, -0.25) is 14.7 Å². The van der Waals surface area contributed by atoms with Crippen LogP contribution in [0.15, 0.2) is 35.3 Å². The van der Waals surface area contributed by atoms with Gasteiger partial charge in [-0.15, -0.1) is 24.0 Å². The number of carbonyl (C=O) groups excluding carboxylic acids is 1. The highest BCUT2D eigenvalue weighted by Crippen LogP contribution is 2.13. The fraction of sp³-hybridized carbons (Fsp3) is 0.636. The number of hydrogen-bond acceptors (Lipinski definition) is 4. The number of rotatable bonds is 10. The molecule has 0 amide bonds. The second kappa shape index (κ2) is 15.5. The lowest BCUT2D eigenvalue weighted by molar-refractivity contribution is -0.140. The summed E-state index contributed by atoms with van der Waals surface area (Å²) in [5, 5.41) is 6.98. The predicted molar refractivity (Wildman–Crippen MR) is 130 cm³/mol. The van der Waals surface area contributed by atoms with E-state index in [2.05, 4.69) is 55.6 Å². The highest BCUT2D eigenvalue weighted by Gasteiger charge is 2.19. The zero-order valence-corrected chi connectivity index (χ0v) is 20.2. The number of nitrogens with one attached hydrogen (secondary N) is 2. The van der Waals surface area contributed by atoms with E-state index >= 15 is 0 Å². The van der Waals surface area contributed by atoms with Gasteiger partial charge >= 0.3 is 5.97 Å². The number of piperidine rings is 1. The monoisotopic (exact) mass is 516 g/mol. The number of methoxy groups -OCH3 is 1. The molecule has 1 heterocycles. The molecule has 1 aliphatic heterocycles. The molecule has 0 aliphatic carbocycles. The number of esters is 1. The maximum absolute atomic E-state index is 11.1. The number of halogens is 1. The van der Waals surface area contributed by atoms with Crippen molar-refractivity contribution in [2.45, 2.75) is 57.5 Å². The van der Waals surface area contributed by atoms with Crippen molar-refractivity contribution < 1.29 is 9.53 Å². The van der Waals surface area contributed by atoms with Crippen LogP contribution < -0.4 is 10.6 Å². The molecule has 1 fully saturated rings. The van der Waals surface area contributed by atoms with E-state index < -0.39 is 0 Å². The minimum Gasteiger partial charge on any atom is -0.469 e. The molecule has 0 saturated carbocycles. The van der Waals surface area contributed by atoms with Gasteiger partial charge < -0.3 is 15.4 Å². The fourth-order valence-electron chi connectivity index (χ4n) is 3.52. The number of hydrogen-bond donors (Lipinski definition) is 2. The Kier molecular flexibility index (Phi) is 13.7. The van der Waals surface area contributed by atoms with Crippen LogP contribution in [-0.4, -0.2) is 56.7 Å². The highest BCUT2D eigenvalue weighted by molar-refractivity contribution is 14.0. The Morgan fingerprint density at radius 3 is 2.48 bits per heavy atom. The topological polar surface area (TPSA) is 66.0 Å². The highest BCUT2D eigenvalue weighted by atomic mass is 127. The standard InChI is InChI=1S/C22H36N4O2.HI/c1-23-22(24-15-9-4-3-8-12-21(27)28-2)25-20-13-16-26(17-14-20)18-19-10-6-5-7-11-19;/h5-7,10-11,20H,3-4,8-9,12-18H2,1-2H3,(H2,23,24,25);1H. The van der Waals surface area contributed by atoms with E-state index in [1.54, 1.807) is 0 Å². The Morgan fingerprint density at radius 2 is 1.83 bits per heavy atom. The minimum atomic E-state index is -0.113. The Morgan fingerprint density at radius 1 is 1.14 bits per heavy atom. The average molecular weight is 516 g/mol. The second-order valence-electron chi connectivity index (χ2n) is 7.42. The lowest BCUT2D eigenvalue weighted by Gasteiger charge is -2.33. The summed E-state index contributed by atoms with van der Waals surface area (Å²) in [4.78, 5) is 18.0. The van der Waals surface area contributed by atoms with E-state index in [1.165, 1.54) is 12.7 Å². The van der Waals surface area contributed by atoms with Gasteiger partial charge in [0.05, 0.1) is 7.11 Å². The number of likely N-dealkylation sites (tertiary alicyclic amines) is 1. The molecule has 1 aromatic rings. The van der Waals surface area contributed by atoms with Crippen molar-refractivity contribution in [2.24, 2.45) is 4.99 Å². The third-order valence-corrected chi connectivity index (χ3v) is 5.23. The minimum absolute atomic E-state index is 0. The molecule has 0 aromatic heterocycles. The number of nitrogens with zero attached hydrogens (tertiary/aromatic N) is 2. The third-order valence-electron chi connectivity index (χ3n) is 5.23. The average Bonchev–Trinajstić information content (AvgIpc) is 2.74. The van der Waals surface area contributed by atoms with Gasteiger partial charge in [-0.05, 0) is 31.2 Å². The van der Waals surface area contributed by atoms with E-state index in [1.807, 2.05) is 7.05 Å². The number of benzene rings is 1. The largest absolute Gasteiger partial charge is 0.469 e. The molecule has 0 spiro atoms. The zero-order valence-electron chi connectivity index (χ0n) is 17.9. The van der Waals surface area contributed by atoms with Crippen LogP contribution in [0.1, 0.15) is 50.5 Å². The molecule has 164 valence electrons. The van der Waals surface area contributed by atoms with Gasteiger partial charge in [-0.1, -0.05) is 43.2 Å². The second-order valence-corrected chi connectivity index (χ2v) is 7.42. The van der Waals surface area contributed by atoms with E-state index in [4.69, 9.17) is 0 Å². The SMILES string of the molecule is CN=C(NCCCCCCC(=O)OC)NC1CCN(Cc2ccccc2)CC1.I.